The summed E-state index contributed by atoms with van der Waals surface area (Å²) in [6.45, 7) is 0.962. The van der Waals surface area contributed by atoms with Gasteiger partial charge in [-0.05, 0) is 25.0 Å². The van der Waals surface area contributed by atoms with Crippen LogP contribution >= 0.6 is 0 Å². The molecule has 2 aromatic rings. The number of hydrogen-bond acceptors (Lipinski definition) is 3. The minimum absolute atomic E-state index is 0.101. The van der Waals surface area contributed by atoms with Crippen LogP contribution in [0.5, 0.6) is 5.75 Å². The summed E-state index contributed by atoms with van der Waals surface area (Å²) in [5.74, 6) is -2.42. The molecule has 1 unspecified atom stereocenters. The minimum atomic E-state index is -4.99. The van der Waals surface area contributed by atoms with Crippen molar-refractivity contribution in [2.75, 3.05) is 13.1 Å². The second-order valence-electron chi connectivity index (χ2n) is 5.75. The Bertz CT molecular complexity index is 772. The molecule has 130 valence electrons. The molecule has 3 rings (SSSR count). The molecule has 1 atom stereocenters. The highest BCUT2D eigenvalue weighted by Crippen LogP contribution is 2.30. The third kappa shape index (κ3) is 3.45. The molecule has 5 nitrogen and oxygen atoms in total. The Morgan fingerprint density at radius 2 is 2.08 bits per heavy atom. The first-order valence-electron chi connectivity index (χ1n) is 7.36. The zero-order chi connectivity index (χ0) is 17.5. The number of H-pyrrole nitrogens is 1. The molecule has 1 amide bonds. The number of nitrogens with zero attached hydrogens (tertiary/aromatic N) is 1. The van der Waals surface area contributed by atoms with Gasteiger partial charge in [-0.3, -0.25) is 4.79 Å². The summed E-state index contributed by atoms with van der Waals surface area (Å²) in [6.07, 6.45) is -3.38. The molecule has 0 aliphatic carbocycles. The summed E-state index contributed by atoms with van der Waals surface area (Å²) >= 11 is 0. The molecule has 3 N–H and O–H groups in total. The molecule has 1 saturated heterocycles. The Balaban J connectivity index is 1.89. The van der Waals surface area contributed by atoms with Crippen LogP contribution in [0.4, 0.5) is 17.6 Å². The average Bonchev–Trinajstić information content (AvgIpc) is 2.88. The average molecular weight is 345 g/mol. The lowest BCUT2D eigenvalue weighted by atomic mass is 10.1. The fourth-order valence-electron chi connectivity index (χ4n) is 2.82. The number of nitrogens with two attached hydrogens (primary N) is 1. The van der Waals surface area contributed by atoms with E-state index in [2.05, 4.69) is 9.72 Å². The number of ether oxygens (including phenoxy) is 1. The van der Waals surface area contributed by atoms with Gasteiger partial charge in [0.05, 0.1) is 0 Å². The quantitative estimate of drug-likeness (QED) is 0.822. The van der Waals surface area contributed by atoms with Crippen molar-refractivity contribution in [3.05, 3.63) is 29.7 Å². The van der Waals surface area contributed by atoms with Crippen molar-refractivity contribution in [2.24, 2.45) is 5.73 Å². The van der Waals surface area contributed by atoms with Crippen LogP contribution in [0, 0.1) is 5.82 Å². The van der Waals surface area contributed by atoms with Crippen molar-refractivity contribution >= 4 is 16.8 Å². The van der Waals surface area contributed by atoms with E-state index >= 15 is 0 Å². The summed E-state index contributed by atoms with van der Waals surface area (Å²) in [5, 5.41) is 0.250. The first-order valence-corrected chi connectivity index (χ1v) is 7.36. The number of carbonyl (C=O) groups excluding carboxylic acids is 1. The topological polar surface area (TPSA) is 71.3 Å². The highest BCUT2D eigenvalue weighted by atomic mass is 19.4. The third-order valence-electron chi connectivity index (χ3n) is 3.87. The van der Waals surface area contributed by atoms with Gasteiger partial charge in [0.15, 0.2) is 11.6 Å². The van der Waals surface area contributed by atoms with E-state index in [-0.39, 0.29) is 28.5 Å². The number of aromatic nitrogens is 1. The molecule has 0 spiro atoms. The van der Waals surface area contributed by atoms with Crippen LogP contribution < -0.4 is 10.5 Å². The number of benzene rings is 1. The van der Waals surface area contributed by atoms with Crippen molar-refractivity contribution in [3.8, 4) is 5.75 Å². The first-order chi connectivity index (χ1) is 11.2. The first kappa shape index (κ1) is 16.6. The monoisotopic (exact) mass is 345 g/mol. The van der Waals surface area contributed by atoms with E-state index in [0.29, 0.717) is 13.1 Å². The van der Waals surface area contributed by atoms with Crippen molar-refractivity contribution in [1.82, 2.24) is 9.88 Å². The maximum atomic E-state index is 13.7. The Hall–Kier alpha value is -2.29. The van der Waals surface area contributed by atoms with Gasteiger partial charge in [-0.2, -0.15) is 0 Å². The van der Waals surface area contributed by atoms with E-state index in [1.165, 1.54) is 6.07 Å². The van der Waals surface area contributed by atoms with Gasteiger partial charge >= 0.3 is 6.36 Å². The van der Waals surface area contributed by atoms with Gasteiger partial charge in [0, 0.05) is 36.1 Å². The Morgan fingerprint density at radius 1 is 1.33 bits per heavy atom. The number of likely N-dealkylation sites (tertiary alicyclic amines) is 1. The van der Waals surface area contributed by atoms with Crippen LogP contribution in [0.1, 0.15) is 23.3 Å². The number of nitrogens with one attached hydrogen (secondary N) is 1. The SMILES string of the molecule is NC1CCCN(C(=O)c2cc3cc(OC(F)(F)F)c(F)cc3[nH]2)C1. The van der Waals surface area contributed by atoms with Crippen molar-refractivity contribution in [1.29, 1.82) is 0 Å². The lowest BCUT2D eigenvalue weighted by molar-refractivity contribution is -0.275. The van der Waals surface area contributed by atoms with Gasteiger partial charge < -0.3 is 20.4 Å². The van der Waals surface area contributed by atoms with Crippen LogP contribution in [0.25, 0.3) is 10.9 Å². The third-order valence-corrected chi connectivity index (χ3v) is 3.87. The Labute approximate surface area is 134 Å². The van der Waals surface area contributed by atoms with Gasteiger partial charge in [-0.25, -0.2) is 4.39 Å². The number of amides is 1. The summed E-state index contributed by atoms with van der Waals surface area (Å²) in [7, 11) is 0. The largest absolute Gasteiger partial charge is 0.573 e. The molecular formula is C15H15F4N3O2. The molecule has 1 aromatic heterocycles. The minimum Gasteiger partial charge on any atom is -0.403 e. The van der Waals surface area contributed by atoms with E-state index in [1.807, 2.05) is 0 Å². The van der Waals surface area contributed by atoms with Crippen molar-refractivity contribution in [3.63, 3.8) is 0 Å². The lowest BCUT2D eigenvalue weighted by Gasteiger charge is -2.30. The Morgan fingerprint density at radius 3 is 2.75 bits per heavy atom. The zero-order valence-corrected chi connectivity index (χ0v) is 12.5. The summed E-state index contributed by atoms with van der Waals surface area (Å²) in [5.41, 5.74) is 6.22. The van der Waals surface area contributed by atoms with Gasteiger partial charge in [-0.15, -0.1) is 13.2 Å². The van der Waals surface area contributed by atoms with E-state index in [1.54, 1.807) is 4.90 Å². The molecule has 2 heterocycles. The number of rotatable bonds is 2. The lowest BCUT2D eigenvalue weighted by Crippen LogP contribution is -2.45. The predicted molar refractivity (Wildman–Crippen MR) is 78.1 cm³/mol. The summed E-state index contributed by atoms with van der Waals surface area (Å²) < 4.78 is 54.1. The van der Waals surface area contributed by atoms with Gasteiger partial charge in [0.2, 0.25) is 0 Å². The van der Waals surface area contributed by atoms with Crippen molar-refractivity contribution < 1.29 is 27.1 Å². The van der Waals surface area contributed by atoms with E-state index in [9.17, 15) is 22.4 Å². The summed E-state index contributed by atoms with van der Waals surface area (Å²) in [6, 6.07) is 3.06. The van der Waals surface area contributed by atoms with Crippen LogP contribution in [0.2, 0.25) is 0 Å². The molecule has 0 saturated carbocycles. The number of carbonyl (C=O) groups is 1. The van der Waals surface area contributed by atoms with Crippen LogP contribution in [-0.4, -0.2) is 41.3 Å². The van der Waals surface area contributed by atoms with Crippen molar-refractivity contribution in [2.45, 2.75) is 25.2 Å². The molecule has 0 radical (unpaired) electrons. The second-order valence-corrected chi connectivity index (χ2v) is 5.75. The molecule has 1 aromatic carbocycles. The molecule has 1 fully saturated rings. The number of fused-ring (bicyclic) bond motifs is 1. The number of aromatic amines is 1. The van der Waals surface area contributed by atoms with Gasteiger partial charge in [-0.1, -0.05) is 0 Å². The highest BCUT2D eigenvalue weighted by Gasteiger charge is 2.32. The highest BCUT2D eigenvalue weighted by molar-refractivity contribution is 5.98. The Kier molecular flexibility index (Phi) is 4.12. The normalized spacial score (nSPS) is 18.9. The van der Waals surface area contributed by atoms with E-state index < -0.39 is 17.9 Å². The molecule has 24 heavy (non-hydrogen) atoms. The van der Waals surface area contributed by atoms with Crippen LogP contribution in [0.3, 0.4) is 0 Å². The second kappa shape index (κ2) is 5.97. The van der Waals surface area contributed by atoms with Gasteiger partial charge in [0.1, 0.15) is 5.69 Å². The number of hydrogen-bond donors (Lipinski definition) is 2. The standard InChI is InChI=1S/C15H15F4N3O2/c16-10-6-11-8(5-13(10)24-15(17,18)19)4-12(21-11)14(23)22-3-1-2-9(20)7-22/h4-6,9,21H,1-3,7,20H2. The molecule has 1 aliphatic heterocycles. The number of alkyl halides is 3. The molecule has 1 aliphatic rings. The molecule has 9 heteroatoms. The van der Waals surface area contributed by atoms with Gasteiger partial charge in [0.25, 0.3) is 5.91 Å². The molecular weight excluding hydrogens is 330 g/mol. The smallest absolute Gasteiger partial charge is 0.403 e. The fourth-order valence-corrected chi connectivity index (χ4v) is 2.82. The van der Waals surface area contributed by atoms with E-state index in [4.69, 9.17) is 5.73 Å². The fraction of sp³-hybridized carbons (Fsp3) is 0.400. The van der Waals surface area contributed by atoms with Crippen LogP contribution in [-0.2, 0) is 0 Å². The van der Waals surface area contributed by atoms with Crippen LogP contribution in [0.15, 0.2) is 18.2 Å². The van der Waals surface area contributed by atoms with E-state index in [0.717, 1.165) is 25.0 Å². The molecule has 0 bridgehead atoms. The maximum Gasteiger partial charge on any atom is 0.573 e. The number of piperidine rings is 1. The summed E-state index contributed by atoms with van der Waals surface area (Å²) in [4.78, 5) is 16.7. The maximum absolute atomic E-state index is 13.7. The predicted octanol–water partition coefficient (Wildman–Crippen LogP) is 2.77. The number of halogens is 4. The zero-order valence-electron chi connectivity index (χ0n) is 12.5.